The first kappa shape index (κ1) is 28.3. The topological polar surface area (TPSA) is 74.9 Å². The summed E-state index contributed by atoms with van der Waals surface area (Å²) in [6, 6.07) is 13.2. The first-order valence-electron chi connectivity index (χ1n) is 14.4. The van der Waals surface area contributed by atoms with Crippen LogP contribution in [0.15, 0.2) is 36.4 Å². The van der Waals surface area contributed by atoms with Crippen molar-refractivity contribution in [2.24, 2.45) is 0 Å². The lowest BCUT2D eigenvalue weighted by Gasteiger charge is -2.39. The molecule has 1 aliphatic heterocycles. The molecule has 212 valence electrons. The maximum atomic E-state index is 11.9. The van der Waals surface area contributed by atoms with Crippen molar-refractivity contribution in [1.82, 2.24) is 10.2 Å². The number of nitrogens with one attached hydrogen (secondary N) is 3. The minimum atomic E-state index is -0.143. The lowest BCUT2D eigenvalue weighted by molar-refractivity contribution is 0.00791. The number of fused-ring (bicyclic) bond motifs is 1. The van der Waals surface area contributed by atoms with E-state index in [9.17, 15) is 4.79 Å². The highest BCUT2D eigenvalue weighted by Gasteiger charge is 2.27. The number of carbonyl (C=O) groups is 1. The van der Waals surface area contributed by atoms with Crippen LogP contribution in [-0.2, 0) is 11.2 Å². The molecule has 2 heterocycles. The summed E-state index contributed by atoms with van der Waals surface area (Å²) < 4.78 is 12.3. The van der Waals surface area contributed by atoms with Gasteiger partial charge in [0.2, 0.25) is 0 Å². The molecule has 2 fully saturated rings. The van der Waals surface area contributed by atoms with Crippen LogP contribution < -0.4 is 20.7 Å². The average molecular weight is 561 g/mol. The number of nitrogens with zero attached hydrogens (tertiary/aromatic N) is 1. The smallest absolute Gasteiger partial charge is 0.251 e. The monoisotopic (exact) mass is 560 g/mol. The molecule has 8 heteroatoms. The molecule has 1 saturated heterocycles. The maximum absolute atomic E-state index is 11.9. The van der Waals surface area contributed by atoms with Crippen molar-refractivity contribution in [2.45, 2.75) is 51.1 Å². The number of ether oxygens (including phenoxy) is 2. The first-order chi connectivity index (χ1) is 19.6. The second-order valence-corrected chi connectivity index (χ2v) is 11.4. The Balaban J connectivity index is 1.25. The predicted octanol–water partition coefficient (Wildman–Crippen LogP) is 5.35. The summed E-state index contributed by atoms with van der Waals surface area (Å²) in [5.74, 6) is 7.21. The Hall–Kier alpha value is -3.25. The zero-order chi connectivity index (χ0) is 27.9. The number of rotatable bonds is 8. The minimum absolute atomic E-state index is 0.143. The van der Waals surface area contributed by atoms with Crippen molar-refractivity contribution in [2.75, 3.05) is 57.6 Å². The quantitative estimate of drug-likeness (QED) is 0.323. The number of carbonyl (C=O) groups excluding carboxylic acids is 1. The largest absolute Gasteiger partial charge is 0.495 e. The van der Waals surface area contributed by atoms with Gasteiger partial charge in [0.25, 0.3) is 5.91 Å². The second-order valence-electron chi connectivity index (χ2n) is 10.4. The van der Waals surface area contributed by atoms with E-state index in [1.165, 1.54) is 47.0 Å². The zero-order valence-corrected chi connectivity index (χ0v) is 24.6. The number of methoxy groups -OCH3 is 1. The van der Waals surface area contributed by atoms with Gasteiger partial charge in [0.15, 0.2) is 0 Å². The highest BCUT2D eigenvalue weighted by Crippen LogP contribution is 2.38. The van der Waals surface area contributed by atoms with E-state index in [2.05, 4.69) is 57.8 Å². The number of thiophene rings is 1. The standard InChI is InChI=1S/C32H40N4O3S/c1-4-25-26-7-5-8-28(35-23-11-13-24(14-12-23)36-17-19-39-20-18-36)31(26)40-30(25)9-6-16-34-27-15-10-22(32(37)33-2)21-29(27)38-3/h5,7-8,10,15,21,23-24,34-35H,4,11-14,16-20H2,1-3H3,(H,33,37). The number of anilines is 2. The van der Waals surface area contributed by atoms with Gasteiger partial charge < -0.3 is 25.4 Å². The molecule has 0 bridgehead atoms. The molecule has 7 nitrogen and oxygen atoms in total. The van der Waals surface area contributed by atoms with E-state index in [1.54, 1.807) is 37.6 Å². The molecule has 3 aromatic rings. The summed E-state index contributed by atoms with van der Waals surface area (Å²) in [7, 11) is 3.22. The molecule has 1 aliphatic carbocycles. The van der Waals surface area contributed by atoms with Gasteiger partial charge in [-0.15, -0.1) is 11.3 Å². The first-order valence-corrected chi connectivity index (χ1v) is 15.2. The van der Waals surface area contributed by atoms with Gasteiger partial charge in [-0.2, -0.15) is 0 Å². The molecule has 3 N–H and O–H groups in total. The van der Waals surface area contributed by atoms with Crippen LogP contribution >= 0.6 is 11.3 Å². The highest BCUT2D eigenvalue weighted by molar-refractivity contribution is 7.20. The Labute approximate surface area is 241 Å². The van der Waals surface area contributed by atoms with Gasteiger partial charge in [0.1, 0.15) is 5.75 Å². The highest BCUT2D eigenvalue weighted by atomic mass is 32.1. The molecule has 40 heavy (non-hydrogen) atoms. The summed E-state index contributed by atoms with van der Waals surface area (Å²) >= 11 is 1.79. The Bertz CT molecular complexity index is 1380. The third-order valence-electron chi connectivity index (χ3n) is 8.05. The minimum Gasteiger partial charge on any atom is -0.495 e. The molecule has 0 unspecified atom stereocenters. The average Bonchev–Trinajstić information content (AvgIpc) is 3.38. The number of morpholine rings is 1. The number of amides is 1. The Morgan fingerprint density at radius 1 is 1.12 bits per heavy atom. The van der Waals surface area contributed by atoms with Crippen molar-refractivity contribution in [3.8, 4) is 17.6 Å². The van der Waals surface area contributed by atoms with E-state index in [0.29, 0.717) is 29.9 Å². The molecule has 1 amide bonds. The number of hydrogen-bond acceptors (Lipinski definition) is 7. The Morgan fingerprint density at radius 3 is 2.65 bits per heavy atom. The number of aryl methyl sites for hydroxylation is 1. The molecular weight excluding hydrogens is 520 g/mol. The zero-order valence-electron chi connectivity index (χ0n) is 23.8. The van der Waals surface area contributed by atoms with Gasteiger partial charge in [-0.05, 0) is 67.3 Å². The van der Waals surface area contributed by atoms with E-state index >= 15 is 0 Å². The van der Waals surface area contributed by atoms with Crippen LogP contribution in [0, 0.1) is 11.8 Å². The van der Waals surface area contributed by atoms with Gasteiger partial charge in [-0.3, -0.25) is 9.69 Å². The van der Waals surface area contributed by atoms with Crippen LogP contribution in [0.25, 0.3) is 10.1 Å². The van der Waals surface area contributed by atoms with Crippen LogP contribution in [-0.4, -0.2) is 69.9 Å². The summed E-state index contributed by atoms with van der Waals surface area (Å²) in [6.45, 7) is 6.59. The van der Waals surface area contributed by atoms with Gasteiger partial charge >= 0.3 is 0 Å². The summed E-state index contributed by atoms with van der Waals surface area (Å²) in [4.78, 5) is 15.7. The van der Waals surface area contributed by atoms with Gasteiger partial charge in [0.05, 0.1) is 47.8 Å². The lowest BCUT2D eigenvalue weighted by Crippen LogP contribution is -2.46. The molecule has 0 atom stereocenters. The molecule has 2 aliphatic rings. The fraction of sp³-hybridized carbons (Fsp3) is 0.469. The van der Waals surface area contributed by atoms with Gasteiger partial charge in [0, 0.05) is 37.8 Å². The summed E-state index contributed by atoms with van der Waals surface area (Å²) in [5, 5.41) is 11.2. The van der Waals surface area contributed by atoms with E-state index < -0.39 is 0 Å². The number of benzene rings is 2. The predicted molar refractivity (Wildman–Crippen MR) is 165 cm³/mol. The van der Waals surface area contributed by atoms with Gasteiger partial charge in [-0.25, -0.2) is 0 Å². The van der Waals surface area contributed by atoms with Crippen molar-refractivity contribution >= 4 is 38.7 Å². The van der Waals surface area contributed by atoms with E-state index in [-0.39, 0.29) is 5.91 Å². The van der Waals surface area contributed by atoms with E-state index in [1.807, 2.05) is 6.07 Å². The third-order valence-corrected chi connectivity index (χ3v) is 9.25. The fourth-order valence-corrected chi connectivity index (χ4v) is 7.11. The Kier molecular flexibility index (Phi) is 9.48. The second kappa shape index (κ2) is 13.4. The molecule has 5 rings (SSSR count). The molecular formula is C32H40N4O3S. The molecule has 1 aromatic heterocycles. The van der Waals surface area contributed by atoms with E-state index in [0.717, 1.165) is 43.3 Å². The van der Waals surface area contributed by atoms with Crippen LogP contribution in [0.5, 0.6) is 5.75 Å². The Morgan fingerprint density at radius 2 is 1.93 bits per heavy atom. The third kappa shape index (κ3) is 6.38. The summed E-state index contributed by atoms with van der Waals surface area (Å²) in [5.41, 5.74) is 3.92. The maximum Gasteiger partial charge on any atom is 0.251 e. The normalized spacial score (nSPS) is 19.5. The van der Waals surface area contributed by atoms with Crippen molar-refractivity contribution < 1.29 is 14.3 Å². The molecule has 2 aromatic carbocycles. The fourth-order valence-electron chi connectivity index (χ4n) is 5.87. The molecule has 0 radical (unpaired) electrons. The van der Waals surface area contributed by atoms with Gasteiger partial charge in [-0.1, -0.05) is 30.9 Å². The molecule has 0 spiro atoms. The van der Waals surface area contributed by atoms with Crippen molar-refractivity contribution in [3.05, 3.63) is 52.4 Å². The molecule has 1 saturated carbocycles. The van der Waals surface area contributed by atoms with Crippen LogP contribution in [0.1, 0.15) is 53.4 Å². The number of hydrogen-bond donors (Lipinski definition) is 3. The summed E-state index contributed by atoms with van der Waals surface area (Å²) in [6.07, 6.45) is 5.86. The van der Waals surface area contributed by atoms with Crippen LogP contribution in [0.2, 0.25) is 0 Å². The SMILES string of the molecule is CCc1c(C#CCNc2ccc(C(=O)NC)cc2OC)sc2c(NC3CCC(N4CCOCC4)CC3)cccc12. The van der Waals surface area contributed by atoms with Crippen LogP contribution in [0.4, 0.5) is 11.4 Å². The van der Waals surface area contributed by atoms with Crippen LogP contribution in [0.3, 0.4) is 0 Å². The van der Waals surface area contributed by atoms with Crippen molar-refractivity contribution in [3.63, 3.8) is 0 Å². The lowest BCUT2D eigenvalue weighted by atomic mass is 9.89. The van der Waals surface area contributed by atoms with Crippen molar-refractivity contribution in [1.29, 1.82) is 0 Å². The van der Waals surface area contributed by atoms with E-state index in [4.69, 9.17) is 9.47 Å².